The quantitative estimate of drug-likeness (QED) is 0.741. The van der Waals surface area contributed by atoms with Crippen molar-refractivity contribution in [2.75, 3.05) is 31.2 Å². The third-order valence-electron chi connectivity index (χ3n) is 4.21. The van der Waals surface area contributed by atoms with E-state index in [-0.39, 0.29) is 0 Å². The number of nitrogens with zero attached hydrogens (tertiary/aromatic N) is 1. The fourth-order valence-electron chi connectivity index (χ4n) is 2.74. The Morgan fingerprint density at radius 3 is 2.52 bits per heavy atom. The minimum absolute atomic E-state index is 0.607. The van der Waals surface area contributed by atoms with Crippen LogP contribution in [-0.4, -0.2) is 32.3 Å². The molecule has 2 rings (SSSR count). The lowest BCUT2D eigenvalue weighted by Gasteiger charge is -2.29. The van der Waals surface area contributed by atoms with E-state index < -0.39 is 0 Å². The van der Waals surface area contributed by atoms with Gasteiger partial charge in [0.05, 0.1) is 13.2 Å². The highest BCUT2D eigenvalue weighted by molar-refractivity contribution is 5.47. The van der Waals surface area contributed by atoms with Crippen LogP contribution in [0.25, 0.3) is 0 Å². The number of benzene rings is 1. The SMILES string of the molecule is CCCCCC(C)NCc1ccc(N2CCOCC2)cc1. The molecule has 1 fully saturated rings. The van der Waals surface area contributed by atoms with Gasteiger partial charge < -0.3 is 15.0 Å². The largest absolute Gasteiger partial charge is 0.378 e. The van der Waals surface area contributed by atoms with Crippen LogP contribution in [-0.2, 0) is 11.3 Å². The summed E-state index contributed by atoms with van der Waals surface area (Å²) in [4.78, 5) is 2.40. The summed E-state index contributed by atoms with van der Waals surface area (Å²) in [6.07, 6.45) is 5.26. The molecule has 21 heavy (non-hydrogen) atoms. The van der Waals surface area contributed by atoms with Crippen LogP contribution >= 0.6 is 0 Å². The van der Waals surface area contributed by atoms with Crippen LogP contribution in [0.3, 0.4) is 0 Å². The molecule has 0 bridgehead atoms. The molecule has 1 saturated heterocycles. The van der Waals surface area contributed by atoms with Gasteiger partial charge in [0.25, 0.3) is 0 Å². The number of anilines is 1. The highest BCUT2D eigenvalue weighted by Crippen LogP contribution is 2.16. The van der Waals surface area contributed by atoms with Crippen LogP contribution < -0.4 is 10.2 Å². The summed E-state index contributed by atoms with van der Waals surface area (Å²) < 4.78 is 5.40. The van der Waals surface area contributed by atoms with Gasteiger partial charge in [-0.3, -0.25) is 0 Å². The zero-order valence-electron chi connectivity index (χ0n) is 13.6. The molecule has 0 aliphatic carbocycles. The van der Waals surface area contributed by atoms with Gasteiger partial charge in [-0.25, -0.2) is 0 Å². The van der Waals surface area contributed by atoms with E-state index in [0.717, 1.165) is 32.8 Å². The van der Waals surface area contributed by atoms with Gasteiger partial charge in [-0.15, -0.1) is 0 Å². The first-order valence-corrected chi connectivity index (χ1v) is 8.44. The van der Waals surface area contributed by atoms with E-state index in [0.29, 0.717) is 6.04 Å². The fourth-order valence-corrected chi connectivity index (χ4v) is 2.74. The summed E-state index contributed by atoms with van der Waals surface area (Å²) in [7, 11) is 0. The monoisotopic (exact) mass is 290 g/mol. The molecule has 3 nitrogen and oxygen atoms in total. The molecular weight excluding hydrogens is 260 g/mol. The van der Waals surface area contributed by atoms with Gasteiger partial charge in [-0.05, 0) is 31.0 Å². The first-order valence-electron chi connectivity index (χ1n) is 8.44. The van der Waals surface area contributed by atoms with Gasteiger partial charge in [0, 0.05) is 31.4 Å². The van der Waals surface area contributed by atoms with E-state index in [2.05, 4.69) is 48.3 Å². The van der Waals surface area contributed by atoms with Crippen molar-refractivity contribution in [1.82, 2.24) is 5.32 Å². The van der Waals surface area contributed by atoms with Gasteiger partial charge in [0.1, 0.15) is 0 Å². The summed E-state index contributed by atoms with van der Waals surface area (Å²) >= 11 is 0. The molecule has 1 atom stereocenters. The Balaban J connectivity index is 1.74. The second-order valence-electron chi connectivity index (χ2n) is 6.04. The zero-order valence-corrected chi connectivity index (χ0v) is 13.6. The Kier molecular flexibility index (Phi) is 7.04. The molecule has 1 aliphatic heterocycles. The number of nitrogens with one attached hydrogen (secondary N) is 1. The molecule has 0 spiro atoms. The lowest BCUT2D eigenvalue weighted by molar-refractivity contribution is 0.122. The molecule has 118 valence electrons. The van der Waals surface area contributed by atoms with Crippen molar-refractivity contribution in [3.05, 3.63) is 29.8 Å². The average Bonchev–Trinajstić information content (AvgIpc) is 2.54. The van der Waals surface area contributed by atoms with Crippen molar-refractivity contribution in [3.63, 3.8) is 0 Å². The molecule has 1 aliphatic rings. The number of morpholine rings is 1. The van der Waals surface area contributed by atoms with Crippen molar-refractivity contribution in [2.24, 2.45) is 0 Å². The third-order valence-corrected chi connectivity index (χ3v) is 4.21. The van der Waals surface area contributed by atoms with E-state index in [1.54, 1.807) is 0 Å². The Bertz CT molecular complexity index is 385. The van der Waals surface area contributed by atoms with Crippen molar-refractivity contribution in [3.8, 4) is 0 Å². The molecule has 0 amide bonds. The second kappa shape index (κ2) is 9.06. The maximum absolute atomic E-state index is 5.40. The van der Waals surface area contributed by atoms with Gasteiger partial charge in [-0.2, -0.15) is 0 Å². The molecule has 1 heterocycles. The molecule has 1 aromatic rings. The summed E-state index contributed by atoms with van der Waals surface area (Å²) in [6.45, 7) is 9.22. The van der Waals surface area contributed by atoms with Crippen molar-refractivity contribution < 1.29 is 4.74 Å². The van der Waals surface area contributed by atoms with Crippen LogP contribution in [0.5, 0.6) is 0 Å². The van der Waals surface area contributed by atoms with Gasteiger partial charge in [0.2, 0.25) is 0 Å². The average molecular weight is 290 g/mol. The maximum atomic E-state index is 5.40. The van der Waals surface area contributed by atoms with E-state index in [1.807, 2.05) is 0 Å². The lowest BCUT2D eigenvalue weighted by atomic mass is 10.1. The van der Waals surface area contributed by atoms with Crippen molar-refractivity contribution >= 4 is 5.69 Å². The lowest BCUT2D eigenvalue weighted by Crippen LogP contribution is -2.36. The third kappa shape index (κ3) is 5.68. The van der Waals surface area contributed by atoms with Crippen LogP contribution in [0, 0.1) is 0 Å². The molecule has 0 saturated carbocycles. The zero-order chi connectivity index (χ0) is 14.9. The minimum atomic E-state index is 0.607. The molecule has 1 unspecified atom stereocenters. The summed E-state index contributed by atoms with van der Waals surface area (Å²) in [5.41, 5.74) is 2.69. The van der Waals surface area contributed by atoms with Crippen LogP contribution in [0.15, 0.2) is 24.3 Å². The van der Waals surface area contributed by atoms with Crippen molar-refractivity contribution in [1.29, 1.82) is 0 Å². The van der Waals surface area contributed by atoms with E-state index in [9.17, 15) is 0 Å². The van der Waals surface area contributed by atoms with Crippen LogP contribution in [0.1, 0.15) is 45.1 Å². The van der Waals surface area contributed by atoms with Gasteiger partial charge in [-0.1, -0.05) is 38.3 Å². The summed E-state index contributed by atoms with van der Waals surface area (Å²) in [5.74, 6) is 0. The second-order valence-corrected chi connectivity index (χ2v) is 6.04. The predicted molar refractivity (Wildman–Crippen MR) is 89.9 cm³/mol. The molecule has 0 radical (unpaired) electrons. The number of hydrogen-bond acceptors (Lipinski definition) is 3. The van der Waals surface area contributed by atoms with Gasteiger partial charge in [0.15, 0.2) is 0 Å². The number of rotatable bonds is 8. The predicted octanol–water partition coefficient (Wildman–Crippen LogP) is 3.58. The normalized spacial score (nSPS) is 17.0. The van der Waals surface area contributed by atoms with Crippen LogP contribution in [0.2, 0.25) is 0 Å². The summed E-state index contributed by atoms with van der Waals surface area (Å²) in [5, 5.41) is 3.62. The number of unbranched alkanes of at least 4 members (excludes halogenated alkanes) is 2. The van der Waals surface area contributed by atoms with Crippen molar-refractivity contribution in [2.45, 2.75) is 52.1 Å². The fraction of sp³-hybridized carbons (Fsp3) is 0.667. The van der Waals surface area contributed by atoms with E-state index >= 15 is 0 Å². The summed E-state index contributed by atoms with van der Waals surface area (Å²) in [6, 6.07) is 9.58. The Hall–Kier alpha value is -1.06. The molecule has 3 heteroatoms. The molecule has 1 N–H and O–H groups in total. The Morgan fingerprint density at radius 2 is 1.86 bits per heavy atom. The maximum Gasteiger partial charge on any atom is 0.0642 e. The Labute approximate surface area is 129 Å². The molecule has 1 aromatic carbocycles. The standard InChI is InChI=1S/C18H30N2O/c1-3-4-5-6-16(2)19-15-17-7-9-18(10-8-17)20-11-13-21-14-12-20/h7-10,16,19H,3-6,11-15H2,1-2H3. The Morgan fingerprint density at radius 1 is 1.14 bits per heavy atom. The highest BCUT2D eigenvalue weighted by atomic mass is 16.5. The topological polar surface area (TPSA) is 24.5 Å². The first kappa shape index (κ1) is 16.3. The molecular formula is C18H30N2O. The number of ether oxygens (including phenoxy) is 1. The number of hydrogen-bond donors (Lipinski definition) is 1. The van der Waals surface area contributed by atoms with Crippen LogP contribution in [0.4, 0.5) is 5.69 Å². The smallest absolute Gasteiger partial charge is 0.0642 e. The first-order chi connectivity index (χ1) is 10.3. The van der Waals surface area contributed by atoms with E-state index in [4.69, 9.17) is 4.74 Å². The minimum Gasteiger partial charge on any atom is -0.378 e. The van der Waals surface area contributed by atoms with Gasteiger partial charge >= 0.3 is 0 Å². The highest BCUT2D eigenvalue weighted by Gasteiger charge is 2.10. The van der Waals surface area contributed by atoms with E-state index in [1.165, 1.54) is 36.9 Å². The molecule has 0 aromatic heterocycles.